The van der Waals surface area contributed by atoms with Gasteiger partial charge in [0, 0.05) is 25.7 Å². The number of carbonyl (C=O) groups excluding carboxylic acids is 1. The molecule has 1 aromatic heterocycles. The van der Waals surface area contributed by atoms with Crippen LogP contribution < -0.4 is 20.7 Å². The number of guanidine groups is 1. The Bertz CT molecular complexity index is 725. The lowest BCUT2D eigenvalue weighted by molar-refractivity contribution is -0.116. The second-order valence-corrected chi connectivity index (χ2v) is 5.55. The third-order valence-corrected chi connectivity index (χ3v) is 3.43. The summed E-state index contributed by atoms with van der Waals surface area (Å²) in [5.41, 5.74) is 0.864. The summed E-state index contributed by atoms with van der Waals surface area (Å²) in [7, 11) is 1.68. The van der Waals surface area contributed by atoms with Gasteiger partial charge in [0.15, 0.2) is 5.96 Å². The maximum atomic E-state index is 11.9. The van der Waals surface area contributed by atoms with Gasteiger partial charge >= 0.3 is 0 Å². The van der Waals surface area contributed by atoms with Crippen LogP contribution in [0.25, 0.3) is 0 Å². The molecule has 27 heavy (non-hydrogen) atoms. The summed E-state index contributed by atoms with van der Waals surface area (Å²) < 4.78 is 5.60. The largest absolute Gasteiger partial charge is 0.492 e. The number of carbonyl (C=O) groups is 1. The number of rotatable bonds is 8. The molecule has 8 heteroatoms. The van der Waals surface area contributed by atoms with Crippen LogP contribution in [0.4, 0.5) is 5.82 Å². The molecule has 0 spiro atoms. The Morgan fingerprint density at radius 3 is 2.52 bits per heavy atom. The summed E-state index contributed by atoms with van der Waals surface area (Å²) >= 11 is 0. The molecule has 1 heterocycles. The van der Waals surface area contributed by atoms with Gasteiger partial charge in [-0.2, -0.15) is 0 Å². The minimum atomic E-state index is -0.0986. The van der Waals surface area contributed by atoms with Gasteiger partial charge in [-0.3, -0.25) is 9.79 Å². The number of aromatic nitrogens is 1. The summed E-state index contributed by atoms with van der Waals surface area (Å²) in [6, 6.07) is 15.1. The highest BCUT2D eigenvalue weighted by Gasteiger charge is 2.04. The molecule has 0 saturated carbocycles. The SMILES string of the molecule is CN=C(NCCOc1ccccc1)NCCC(=O)Nc1cccc(C)n1.I. The molecule has 2 aromatic rings. The summed E-state index contributed by atoms with van der Waals surface area (Å²) in [5.74, 6) is 1.93. The van der Waals surface area contributed by atoms with Crippen molar-refractivity contribution in [1.82, 2.24) is 15.6 Å². The van der Waals surface area contributed by atoms with Crippen molar-refractivity contribution >= 4 is 41.7 Å². The van der Waals surface area contributed by atoms with Gasteiger partial charge in [0.05, 0.1) is 6.54 Å². The maximum absolute atomic E-state index is 11.9. The van der Waals surface area contributed by atoms with E-state index in [9.17, 15) is 4.79 Å². The number of nitrogens with one attached hydrogen (secondary N) is 3. The molecule has 3 N–H and O–H groups in total. The Morgan fingerprint density at radius 2 is 1.81 bits per heavy atom. The topological polar surface area (TPSA) is 87.6 Å². The molecule has 0 radical (unpaired) electrons. The van der Waals surface area contributed by atoms with E-state index in [2.05, 4.69) is 25.9 Å². The summed E-state index contributed by atoms with van der Waals surface area (Å²) in [6.07, 6.45) is 0.316. The first-order valence-electron chi connectivity index (χ1n) is 8.53. The van der Waals surface area contributed by atoms with E-state index in [1.54, 1.807) is 13.1 Å². The Kier molecular flexibility index (Phi) is 10.8. The Hall–Kier alpha value is -2.36. The van der Waals surface area contributed by atoms with Gasteiger partial charge < -0.3 is 20.7 Å². The standard InChI is InChI=1S/C19H25N5O2.HI/c1-15-7-6-10-17(23-15)24-18(25)11-12-21-19(20-2)22-13-14-26-16-8-4-3-5-9-16;/h3-10H,11-14H2,1-2H3,(H2,20,21,22)(H,23,24,25);1H. The van der Waals surface area contributed by atoms with Crippen LogP contribution in [0.2, 0.25) is 0 Å². The van der Waals surface area contributed by atoms with E-state index in [0.717, 1.165) is 11.4 Å². The molecule has 7 nitrogen and oxygen atoms in total. The van der Waals surface area contributed by atoms with Crippen molar-refractivity contribution in [3.05, 3.63) is 54.2 Å². The Balaban J connectivity index is 0.00000364. The average Bonchev–Trinajstić information content (AvgIpc) is 2.64. The van der Waals surface area contributed by atoms with Crippen LogP contribution in [0.3, 0.4) is 0 Å². The summed E-state index contributed by atoms with van der Waals surface area (Å²) in [4.78, 5) is 20.3. The molecule has 1 amide bonds. The third-order valence-electron chi connectivity index (χ3n) is 3.43. The van der Waals surface area contributed by atoms with E-state index in [1.807, 2.05) is 49.4 Å². The third kappa shape index (κ3) is 9.23. The highest BCUT2D eigenvalue weighted by Crippen LogP contribution is 2.07. The lowest BCUT2D eigenvalue weighted by atomic mass is 10.3. The second-order valence-electron chi connectivity index (χ2n) is 5.55. The number of aryl methyl sites for hydroxylation is 1. The molecule has 146 valence electrons. The number of benzene rings is 1. The smallest absolute Gasteiger partial charge is 0.227 e. The van der Waals surface area contributed by atoms with Gasteiger partial charge in [0.25, 0.3) is 0 Å². The van der Waals surface area contributed by atoms with Gasteiger partial charge in [-0.1, -0.05) is 24.3 Å². The lowest BCUT2D eigenvalue weighted by Gasteiger charge is -2.12. The second kappa shape index (κ2) is 12.9. The molecular formula is C19H26IN5O2. The fourth-order valence-electron chi connectivity index (χ4n) is 2.19. The van der Waals surface area contributed by atoms with Gasteiger partial charge in [-0.05, 0) is 31.2 Å². The van der Waals surface area contributed by atoms with Gasteiger partial charge in [-0.25, -0.2) is 4.98 Å². The van der Waals surface area contributed by atoms with Crippen LogP contribution in [0, 0.1) is 6.92 Å². The van der Waals surface area contributed by atoms with Crippen molar-refractivity contribution in [3.63, 3.8) is 0 Å². The lowest BCUT2D eigenvalue weighted by Crippen LogP contribution is -2.40. The minimum absolute atomic E-state index is 0. The number of anilines is 1. The first kappa shape index (κ1) is 22.7. The zero-order valence-corrected chi connectivity index (χ0v) is 17.9. The summed E-state index contributed by atoms with van der Waals surface area (Å²) in [5, 5.41) is 9.01. The Labute approximate surface area is 177 Å². The van der Waals surface area contributed by atoms with Gasteiger partial charge in [-0.15, -0.1) is 24.0 Å². The van der Waals surface area contributed by atoms with E-state index < -0.39 is 0 Å². The van der Waals surface area contributed by atoms with E-state index in [1.165, 1.54) is 0 Å². The van der Waals surface area contributed by atoms with E-state index in [0.29, 0.717) is 37.9 Å². The minimum Gasteiger partial charge on any atom is -0.492 e. The number of nitrogens with zero attached hydrogens (tertiary/aromatic N) is 2. The zero-order valence-electron chi connectivity index (χ0n) is 15.6. The molecule has 0 unspecified atom stereocenters. The number of pyridine rings is 1. The molecule has 2 rings (SSSR count). The number of halogens is 1. The number of para-hydroxylation sites is 1. The number of hydrogen-bond donors (Lipinski definition) is 3. The van der Waals surface area contributed by atoms with Crippen LogP contribution in [-0.4, -0.2) is 43.6 Å². The normalized spacial score (nSPS) is 10.5. The molecule has 0 saturated heterocycles. The molecule has 0 bridgehead atoms. The average molecular weight is 483 g/mol. The van der Waals surface area contributed by atoms with Crippen molar-refractivity contribution in [1.29, 1.82) is 0 Å². The molecule has 0 aliphatic rings. The van der Waals surface area contributed by atoms with Crippen molar-refractivity contribution < 1.29 is 9.53 Å². The van der Waals surface area contributed by atoms with Crippen LogP contribution in [-0.2, 0) is 4.79 Å². The van der Waals surface area contributed by atoms with Crippen LogP contribution in [0.15, 0.2) is 53.5 Å². The van der Waals surface area contributed by atoms with Gasteiger partial charge in [0.1, 0.15) is 18.2 Å². The number of ether oxygens (including phenoxy) is 1. The summed E-state index contributed by atoms with van der Waals surface area (Å²) in [6.45, 7) is 3.48. The van der Waals surface area contributed by atoms with Crippen LogP contribution in [0.1, 0.15) is 12.1 Å². The van der Waals surface area contributed by atoms with Crippen LogP contribution >= 0.6 is 24.0 Å². The fourth-order valence-corrected chi connectivity index (χ4v) is 2.19. The van der Waals surface area contributed by atoms with E-state index >= 15 is 0 Å². The highest BCUT2D eigenvalue weighted by molar-refractivity contribution is 14.0. The molecule has 0 aliphatic carbocycles. The number of hydrogen-bond acceptors (Lipinski definition) is 4. The highest BCUT2D eigenvalue weighted by atomic mass is 127. The monoisotopic (exact) mass is 483 g/mol. The Morgan fingerprint density at radius 1 is 1.07 bits per heavy atom. The van der Waals surface area contributed by atoms with Crippen LogP contribution in [0.5, 0.6) is 5.75 Å². The number of amides is 1. The molecule has 0 fully saturated rings. The van der Waals surface area contributed by atoms with E-state index in [4.69, 9.17) is 4.74 Å². The van der Waals surface area contributed by atoms with E-state index in [-0.39, 0.29) is 29.9 Å². The molecule has 0 atom stereocenters. The first-order valence-corrected chi connectivity index (χ1v) is 8.53. The fraction of sp³-hybridized carbons (Fsp3) is 0.316. The first-order chi connectivity index (χ1) is 12.7. The molecule has 0 aliphatic heterocycles. The van der Waals surface area contributed by atoms with Crippen molar-refractivity contribution in [2.24, 2.45) is 4.99 Å². The van der Waals surface area contributed by atoms with Crippen molar-refractivity contribution in [2.75, 3.05) is 32.1 Å². The predicted molar refractivity (Wildman–Crippen MR) is 119 cm³/mol. The zero-order chi connectivity index (χ0) is 18.6. The van der Waals surface area contributed by atoms with Gasteiger partial charge in [0.2, 0.25) is 5.91 Å². The van der Waals surface area contributed by atoms with Crippen molar-refractivity contribution in [2.45, 2.75) is 13.3 Å². The molecule has 1 aromatic carbocycles. The van der Waals surface area contributed by atoms with Crippen molar-refractivity contribution in [3.8, 4) is 5.75 Å². The number of aliphatic imine (C=N–C) groups is 1. The maximum Gasteiger partial charge on any atom is 0.227 e. The quantitative estimate of drug-likeness (QED) is 0.233. The molecular weight excluding hydrogens is 457 g/mol. The predicted octanol–water partition coefficient (Wildman–Crippen LogP) is 2.58.